The molecule has 1 aromatic heterocycles. The number of halogens is 1. The Morgan fingerprint density at radius 1 is 1.33 bits per heavy atom. The third kappa shape index (κ3) is 2.90. The second-order valence-electron chi connectivity index (χ2n) is 4.51. The Labute approximate surface area is 106 Å². The van der Waals surface area contributed by atoms with Crippen LogP contribution in [0.25, 0.3) is 11.4 Å². The van der Waals surface area contributed by atoms with Gasteiger partial charge in [-0.1, -0.05) is 6.07 Å². The minimum Gasteiger partial charge on any atom is -0.328 e. The van der Waals surface area contributed by atoms with Crippen molar-refractivity contribution in [1.82, 2.24) is 9.97 Å². The van der Waals surface area contributed by atoms with Gasteiger partial charge in [0.25, 0.3) is 0 Å². The molecule has 18 heavy (non-hydrogen) atoms. The van der Waals surface area contributed by atoms with Crippen LogP contribution in [0, 0.1) is 12.7 Å². The lowest BCUT2D eigenvalue weighted by Crippen LogP contribution is -2.18. The maximum absolute atomic E-state index is 13.3. The molecule has 0 saturated carbocycles. The molecular formula is C14H16FN3. The van der Waals surface area contributed by atoms with Crippen LogP contribution in [-0.4, -0.2) is 16.0 Å². The van der Waals surface area contributed by atoms with E-state index in [1.54, 1.807) is 12.3 Å². The molecule has 0 aliphatic heterocycles. The third-order valence-electron chi connectivity index (χ3n) is 2.68. The van der Waals surface area contributed by atoms with Gasteiger partial charge in [-0.3, -0.25) is 0 Å². The van der Waals surface area contributed by atoms with Crippen molar-refractivity contribution in [1.29, 1.82) is 0 Å². The smallest absolute Gasteiger partial charge is 0.159 e. The number of hydrogen-bond acceptors (Lipinski definition) is 3. The van der Waals surface area contributed by atoms with Crippen molar-refractivity contribution >= 4 is 0 Å². The molecule has 94 valence electrons. The summed E-state index contributed by atoms with van der Waals surface area (Å²) in [6, 6.07) is 6.50. The summed E-state index contributed by atoms with van der Waals surface area (Å²) >= 11 is 0. The molecule has 0 fully saturated rings. The number of rotatable bonds is 3. The number of nitrogens with two attached hydrogens (primary N) is 1. The Kier molecular flexibility index (Phi) is 3.67. The predicted octanol–water partition coefficient (Wildman–Crippen LogP) is 2.48. The van der Waals surface area contributed by atoms with Gasteiger partial charge >= 0.3 is 0 Å². The lowest BCUT2D eigenvalue weighted by molar-refractivity contribution is 0.627. The number of hydrogen-bond donors (Lipinski definition) is 1. The van der Waals surface area contributed by atoms with E-state index in [0.717, 1.165) is 16.8 Å². The van der Waals surface area contributed by atoms with Gasteiger partial charge < -0.3 is 5.73 Å². The van der Waals surface area contributed by atoms with Crippen molar-refractivity contribution in [2.24, 2.45) is 5.73 Å². The van der Waals surface area contributed by atoms with Crippen LogP contribution in [0.5, 0.6) is 0 Å². The maximum atomic E-state index is 13.3. The monoisotopic (exact) mass is 245 g/mol. The summed E-state index contributed by atoms with van der Waals surface area (Å²) in [7, 11) is 0. The molecule has 1 atom stereocenters. The fraction of sp³-hybridized carbons (Fsp3) is 0.286. The van der Waals surface area contributed by atoms with Gasteiger partial charge in [0, 0.05) is 29.9 Å². The topological polar surface area (TPSA) is 51.8 Å². The Bertz CT molecular complexity index is 552. The molecule has 2 rings (SSSR count). The largest absolute Gasteiger partial charge is 0.328 e. The second kappa shape index (κ2) is 5.23. The zero-order valence-electron chi connectivity index (χ0n) is 10.5. The van der Waals surface area contributed by atoms with E-state index in [1.165, 1.54) is 12.1 Å². The molecule has 2 aromatic rings. The van der Waals surface area contributed by atoms with Crippen molar-refractivity contribution in [2.75, 3.05) is 0 Å². The summed E-state index contributed by atoms with van der Waals surface area (Å²) in [6.45, 7) is 3.84. The molecule has 0 saturated heterocycles. The van der Waals surface area contributed by atoms with E-state index in [-0.39, 0.29) is 11.9 Å². The zero-order valence-corrected chi connectivity index (χ0v) is 10.5. The molecule has 1 heterocycles. The van der Waals surface area contributed by atoms with Gasteiger partial charge in [-0.2, -0.15) is 0 Å². The van der Waals surface area contributed by atoms with Gasteiger partial charge in [-0.25, -0.2) is 14.4 Å². The van der Waals surface area contributed by atoms with Crippen LogP contribution < -0.4 is 5.73 Å². The summed E-state index contributed by atoms with van der Waals surface area (Å²) in [5.74, 6) is 0.266. The minimum atomic E-state index is -0.281. The fourth-order valence-corrected chi connectivity index (χ4v) is 1.80. The molecule has 2 N–H and O–H groups in total. The lowest BCUT2D eigenvalue weighted by atomic mass is 10.1. The van der Waals surface area contributed by atoms with E-state index in [9.17, 15) is 4.39 Å². The first-order chi connectivity index (χ1) is 8.56. The minimum absolute atomic E-state index is 0.0429. The number of benzene rings is 1. The second-order valence-corrected chi connectivity index (χ2v) is 4.51. The molecule has 0 aliphatic rings. The SMILES string of the molecule is Cc1ccc(F)cc1-c1nccc(CC(C)N)n1. The number of aryl methyl sites for hydroxylation is 1. The van der Waals surface area contributed by atoms with Crippen molar-refractivity contribution in [2.45, 2.75) is 26.3 Å². The summed E-state index contributed by atoms with van der Waals surface area (Å²) in [6.07, 6.45) is 2.37. The highest BCUT2D eigenvalue weighted by Gasteiger charge is 2.08. The summed E-state index contributed by atoms with van der Waals surface area (Å²) in [5.41, 5.74) is 8.30. The summed E-state index contributed by atoms with van der Waals surface area (Å²) in [5, 5.41) is 0. The molecule has 0 radical (unpaired) electrons. The van der Waals surface area contributed by atoms with Crippen LogP contribution in [0.15, 0.2) is 30.5 Å². The van der Waals surface area contributed by atoms with Crippen LogP contribution in [0.3, 0.4) is 0 Å². The van der Waals surface area contributed by atoms with Crippen LogP contribution in [0.2, 0.25) is 0 Å². The van der Waals surface area contributed by atoms with E-state index in [0.29, 0.717) is 12.2 Å². The Morgan fingerprint density at radius 3 is 2.83 bits per heavy atom. The molecule has 0 amide bonds. The van der Waals surface area contributed by atoms with Gasteiger partial charge in [0.05, 0.1) is 0 Å². The van der Waals surface area contributed by atoms with Crippen LogP contribution >= 0.6 is 0 Å². The average Bonchev–Trinajstić information content (AvgIpc) is 2.32. The first kappa shape index (κ1) is 12.6. The quantitative estimate of drug-likeness (QED) is 0.903. The number of aromatic nitrogens is 2. The zero-order chi connectivity index (χ0) is 13.1. The van der Waals surface area contributed by atoms with Gasteiger partial charge in [0.2, 0.25) is 0 Å². The summed E-state index contributed by atoms with van der Waals surface area (Å²) < 4.78 is 13.3. The van der Waals surface area contributed by atoms with E-state index in [4.69, 9.17) is 5.73 Å². The summed E-state index contributed by atoms with van der Waals surface area (Å²) in [4.78, 5) is 8.63. The molecule has 0 bridgehead atoms. The Morgan fingerprint density at radius 2 is 2.11 bits per heavy atom. The molecule has 0 spiro atoms. The Hall–Kier alpha value is -1.81. The average molecular weight is 245 g/mol. The lowest BCUT2D eigenvalue weighted by Gasteiger charge is -2.08. The van der Waals surface area contributed by atoms with Crippen molar-refractivity contribution in [3.8, 4) is 11.4 Å². The van der Waals surface area contributed by atoms with Crippen molar-refractivity contribution in [3.63, 3.8) is 0 Å². The Balaban J connectivity index is 2.41. The normalized spacial score (nSPS) is 12.4. The highest BCUT2D eigenvalue weighted by atomic mass is 19.1. The molecule has 1 unspecified atom stereocenters. The predicted molar refractivity (Wildman–Crippen MR) is 69.5 cm³/mol. The van der Waals surface area contributed by atoms with E-state index in [1.807, 2.05) is 19.9 Å². The van der Waals surface area contributed by atoms with Gasteiger partial charge in [-0.15, -0.1) is 0 Å². The van der Waals surface area contributed by atoms with E-state index in [2.05, 4.69) is 9.97 Å². The van der Waals surface area contributed by atoms with Crippen LogP contribution in [0.4, 0.5) is 4.39 Å². The highest BCUT2D eigenvalue weighted by Crippen LogP contribution is 2.20. The molecule has 0 aliphatic carbocycles. The molecule has 1 aromatic carbocycles. The van der Waals surface area contributed by atoms with Gasteiger partial charge in [0.1, 0.15) is 5.82 Å². The van der Waals surface area contributed by atoms with Crippen molar-refractivity contribution < 1.29 is 4.39 Å². The molecular weight excluding hydrogens is 229 g/mol. The fourth-order valence-electron chi connectivity index (χ4n) is 1.80. The van der Waals surface area contributed by atoms with E-state index < -0.39 is 0 Å². The standard InChI is InChI=1S/C14H16FN3/c1-9-3-4-11(15)8-13(9)14-17-6-5-12(18-14)7-10(2)16/h3-6,8,10H,7,16H2,1-2H3. The number of nitrogens with zero attached hydrogens (tertiary/aromatic N) is 2. The maximum Gasteiger partial charge on any atom is 0.159 e. The first-order valence-electron chi connectivity index (χ1n) is 5.90. The van der Waals surface area contributed by atoms with Gasteiger partial charge in [-0.05, 0) is 37.6 Å². The van der Waals surface area contributed by atoms with E-state index >= 15 is 0 Å². The molecule has 3 nitrogen and oxygen atoms in total. The van der Waals surface area contributed by atoms with Crippen molar-refractivity contribution in [3.05, 3.63) is 47.5 Å². The highest BCUT2D eigenvalue weighted by molar-refractivity contribution is 5.59. The first-order valence-corrected chi connectivity index (χ1v) is 5.90. The van der Waals surface area contributed by atoms with Crippen LogP contribution in [0.1, 0.15) is 18.2 Å². The van der Waals surface area contributed by atoms with Gasteiger partial charge in [0.15, 0.2) is 5.82 Å². The van der Waals surface area contributed by atoms with Crippen LogP contribution in [-0.2, 0) is 6.42 Å². The molecule has 4 heteroatoms. The third-order valence-corrected chi connectivity index (χ3v) is 2.68.